The summed E-state index contributed by atoms with van der Waals surface area (Å²) in [7, 11) is 0. The van der Waals surface area contributed by atoms with E-state index in [9.17, 15) is 4.39 Å². The molecule has 60 valence electrons. The number of aromatic nitrogens is 2. The first kappa shape index (κ1) is 7.03. The Hall–Kier alpha value is -1.64. The molecule has 12 heavy (non-hydrogen) atoms. The van der Waals surface area contributed by atoms with Crippen molar-refractivity contribution in [1.82, 2.24) is 9.55 Å². The molecule has 0 bridgehead atoms. The summed E-state index contributed by atoms with van der Waals surface area (Å²) >= 11 is 0. The second-order valence-electron chi connectivity index (χ2n) is 2.42. The third-order valence-corrected chi connectivity index (χ3v) is 1.64. The Morgan fingerprint density at radius 2 is 2.08 bits per heavy atom. The summed E-state index contributed by atoms with van der Waals surface area (Å²) < 4.78 is 14.7. The van der Waals surface area contributed by atoms with Crippen molar-refractivity contribution >= 4 is 0 Å². The molecule has 1 heterocycles. The Morgan fingerprint density at radius 1 is 1.25 bits per heavy atom. The molecule has 0 radical (unpaired) electrons. The van der Waals surface area contributed by atoms with Crippen LogP contribution in [0.5, 0.6) is 0 Å². The van der Waals surface area contributed by atoms with Crippen LogP contribution in [0.3, 0.4) is 0 Å². The van der Waals surface area contributed by atoms with Gasteiger partial charge in [-0.05, 0) is 12.1 Å². The third-order valence-electron chi connectivity index (χ3n) is 1.64. The first-order valence-corrected chi connectivity index (χ1v) is 3.61. The van der Waals surface area contributed by atoms with E-state index in [1.54, 1.807) is 41.5 Å². The molecule has 2 nitrogen and oxygen atoms in total. The van der Waals surface area contributed by atoms with Crippen molar-refractivity contribution in [2.45, 2.75) is 0 Å². The molecule has 0 aliphatic heterocycles. The summed E-state index contributed by atoms with van der Waals surface area (Å²) in [5, 5.41) is 0. The Bertz CT molecular complexity index is 368. The zero-order valence-electron chi connectivity index (χ0n) is 6.31. The fraction of sp³-hybridized carbons (Fsp3) is 0. The molecule has 0 spiro atoms. The van der Waals surface area contributed by atoms with Crippen LogP contribution in [-0.2, 0) is 0 Å². The Kier molecular flexibility index (Phi) is 1.63. The van der Waals surface area contributed by atoms with Crippen molar-refractivity contribution < 1.29 is 4.39 Å². The van der Waals surface area contributed by atoms with Crippen LogP contribution in [0.15, 0.2) is 43.0 Å². The van der Waals surface area contributed by atoms with Crippen LogP contribution in [0.2, 0.25) is 0 Å². The molecule has 1 aromatic heterocycles. The van der Waals surface area contributed by atoms with Crippen LogP contribution in [0.25, 0.3) is 5.69 Å². The molecule has 0 aliphatic rings. The van der Waals surface area contributed by atoms with Gasteiger partial charge in [-0.25, -0.2) is 9.37 Å². The third kappa shape index (κ3) is 1.09. The minimum absolute atomic E-state index is 0.240. The molecule has 0 fully saturated rings. The highest BCUT2D eigenvalue weighted by Crippen LogP contribution is 2.10. The number of benzene rings is 1. The van der Waals surface area contributed by atoms with E-state index in [1.165, 1.54) is 6.07 Å². The van der Waals surface area contributed by atoms with Gasteiger partial charge in [0.1, 0.15) is 5.82 Å². The predicted molar refractivity (Wildman–Crippen MR) is 43.5 cm³/mol. The van der Waals surface area contributed by atoms with E-state index in [-0.39, 0.29) is 5.82 Å². The molecule has 3 heteroatoms. The van der Waals surface area contributed by atoms with Crippen LogP contribution in [0.1, 0.15) is 0 Å². The minimum Gasteiger partial charge on any atom is -0.303 e. The maximum Gasteiger partial charge on any atom is 0.147 e. The molecule has 0 saturated carbocycles. The van der Waals surface area contributed by atoms with Crippen molar-refractivity contribution in [3.63, 3.8) is 0 Å². The predicted octanol–water partition coefficient (Wildman–Crippen LogP) is 2.01. The number of rotatable bonds is 1. The summed E-state index contributed by atoms with van der Waals surface area (Å²) in [6.07, 6.45) is 4.89. The van der Waals surface area contributed by atoms with Gasteiger partial charge in [0.05, 0.1) is 12.0 Å². The summed E-state index contributed by atoms with van der Waals surface area (Å²) in [4.78, 5) is 3.84. The van der Waals surface area contributed by atoms with Crippen LogP contribution >= 0.6 is 0 Å². The first-order valence-electron chi connectivity index (χ1n) is 3.61. The second-order valence-corrected chi connectivity index (χ2v) is 2.42. The highest BCUT2D eigenvalue weighted by molar-refractivity contribution is 5.32. The van der Waals surface area contributed by atoms with Gasteiger partial charge >= 0.3 is 0 Å². The molecule has 0 amide bonds. The number of hydrogen-bond donors (Lipinski definition) is 0. The molecule has 0 N–H and O–H groups in total. The maximum absolute atomic E-state index is 13.1. The van der Waals surface area contributed by atoms with Gasteiger partial charge in [0, 0.05) is 12.4 Å². The zero-order valence-corrected chi connectivity index (χ0v) is 6.31. The normalized spacial score (nSPS) is 10.1. The summed E-state index contributed by atoms with van der Waals surface area (Å²) in [5.74, 6) is -0.240. The minimum atomic E-state index is -0.240. The first-order chi connectivity index (χ1) is 5.88. The Labute approximate surface area is 69.3 Å². The highest BCUT2D eigenvalue weighted by Gasteiger charge is 2.00. The summed E-state index contributed by atoms with van der Waals surface area (Å²) in [5.41, 5.74) is 0.523. The molecular formula is C9H7FN2. The van der Waals surface area contributed by atoms with Gasteiger partial charge in [-0.2, -0.15) is 0 Å². The summed E-state index contributed by atoms with van der Waals surface area (Å²) in [6.45, 7) is 0. The topological polar surface area (TPSA) is 17.8 Å². The highest BCUT2D eigenvalue weighted by atomic mass is 19.1. The van der Waals surface area contributed by atoms with Crippen LogP contribution in [0.4, 0.5) is 4.39 Å². The number of halogens is 1. The monoisotopic (exact) mass is 162 g/mol. The van der Waals surface area contributed by atoms with Crippen molar-refractivity contribution in [1.29, 1.82) is 0 Å². The molecule has 2 aromatic rings. The van der Waals surface area contributed by atoms with E-state index < -0.39 is 0 Å². The molecule has 0 saturated heterocycles. The molecule has 2 rings (SSSR count). The van der Waals surface area contributed by atoms with Crippen molar-refractivity contribution in [2.75, 3.05) is 0 Å². The van der Waals surface area contributed by atoms with Gasteiger partial charge in [-0.1, -0.05) is 12.1 Å². The lowest BCUT2D eigenvalue weighted by molar-refractivity contribution is 0.618. The molecule has 1 aromatic carbocycles. The lowest BCUT2D eigenvalue weighted by Gasteiger charge is -2.01. The molecule has 0 atom stereocenters. The van der Waals surface area contributed by atoms with Gasteiger partial charge in [0.2, 0.25) is 0 Å². The fourth-order valence-corrected chi connectivity index (χ4v) is 1.06. The van der Waals surface area contributed by atoms with E-state index >= 15 is 0 Å². The largest absolute Gasteiger partial charge is 0.303 e. The standard InChI is InChI=1S/C9H7FN2/c10-8-3-1-2-4-9(8)12-6-5-11-7-12/h1-7H. The van der Waals surface area contributed by atoms with Gasteiger partial charge in [-0.15, -0.1) is 0 Å². The van der Waals surface area contributed by atoms with Gasteiger partial charge in [-0.3, -0.25) is 0 Å². The lowest BCUT2D eigenvalue weighted by atomic mass is 10.3. The maximum atomic E-state index is 13.1. The lowest BCUT2D eigenvalue weighted by Crippen LogP contribution is -1.92. The van der Waals surface area contributed by atoms with E-state index in [2.05, 4.69) is 4.98 Å². The van der Waals surface area contributed by atoms with Crippen molar-refractivity contribution in [3.8, 4) is 5.69 Å². The fourth-order valence-electron chi connectivity index (χ4n) is 1.06. The van der Waals surface area contributed by atoms with Crippen molar-refractivity contribution in [3.05, 3.63) is 48.8 Å². The van der Waals surface area contributed by atoms with Crippen LogP contribution in [0, 0.1) is 5.82 Å². The van der Waals surface area contributed by atoms with E-state index in [4.69, 9.17) is 0 Å². The Balaban J connectivity index is 2.55. The van der Waals surface area contributed by atoms with Crippen LogP contribution in [-0.4, -0.2) is 9.55 Å². The van der Waals surface area contributed by atoms with Crippen LogP contribution < -0.4 is 0 Å². The average Bonchev–Trinajstić information content (AvgIpc) is 2.57. The number of para-hydroxylation sites is 1. The molecular weight excluding hydrogens is 155 g/mol. The number of imidazole rings is 1. The Morgan fingerprint density at radius 3 is 2.75 bits per heavy atom. The van der Waals surface area contributed by atoms with E-state index in [1.807, 2.05) is 0 Å². The average molecular weight is 162 g/mol. The summed E-state index contributed by atoms with van der Waals surface area (Å²) in [6, 6.07) is 6.58. The molecule has 0 aliphatic carbocycles. The van der Waals surface area contributed by atoms with E-state index in [0.717, 1.165) is 0 Å². The van der Waals surface area contributed by atoms with Gasteiger partial charge in [0.15, 0.2) is 0 Å². The SMILES string of the molecule is Fc1ccccc1-n1ccnc1. The number of nitrogens with zero attached hydrogens (tertiary/aromatic N) is 2. The molecule has 0 unspecified atom stereocenters. The zero-order chi connectivity index (χ0) is 8.39. The number of hydrogen-bond acceptors (Lipinski definition) is 1. The second kappa shape index (κ2) is 2.77. The van der Waals surface area contributed by atoms with E-state index in [0.29, 0.717) is 5.69 Å². The van der Waals surface area contributed by atoms with Gasteiger partial charge in [0.25, 0.3) is 0 Å². The van der Waals surface area contributed by atoms with Gasteiger partial charge < -0.3 is 4.57 Å². The van der Waals surface area contributed by atoms with Crippen molar-refractivity contribution in [2.24, 2.45) is 0 Å². The smallest absolute Gasteiger partial charge is 0.147 e. The quantitative estimate of drug-likeness (QED) is 0.627.